The van der Waals surface area contributed by atoms with E-state index in [0.717, 1.165) is 69.8 Å². The number of phenols is 2. The summed E-state index contributed by atoms with van der Waals surface area (Å²) in [5.41, 5.74) is 3.63. The zero-order chi connectivity index (χ0) is 25.0. The van der Waals surface area contributed by atoms with Crippen LogP contribution in [0, 0.1) is 0 Å². The standard InChI is InChI=1S/C29H44N2O4/c1-4-16-31(25-11-10-23-20-26(32)27(33)21-24(23)19-25)17-8-6-5-7-14-30-15-13-22-9-12-28(34-2)29(18-22)35-3/h9,12,18,20-21,25,30,32-33H,4-8,10-11,13-17,19H2,1-3H3/t25-/m1/s1. The molecule has 0 unspecified atom stereocenters. The molecule has 0 saturated carbocycles. The van der Waals surface area contributed by atoms with Crippen molar-refractivity contribution in [2.75, 3.05) is 40.4 Å². The second-order valence-electron chi connectivity index (χ2n) is 9.65. The van der Waals surface area contributed by atoms with Crippen molar-refractivity contribution in [2.24, 2.45) is 0 Å². The van der Waals surface area contributed by atoms with Crippen LogP contribution in [0.2, 0.25) is 0 Å². The van der Waals surface area contributed by atoms with E-state index in [1.165, 1.54) is 42.4 Å². The second kappa shape index (κ2) is 14.2. The Morgan fingerprint density at radius 2 is 1.63 bits per heavy atom. The van der Waals surface area contributed by atoms with Gasteiger partial charge in [0.2, 0.25) is 0 Å². The monoisotopic (exact) mass is 484 g/mol. The Bertz CT molecular complexity index is 918. The zero-order valence-corrected chi connectivity index (χ0v) is 21.8. The summed E-state index contributed by atoms with van der Waals surface area (Å²) in [6, 6.07) is 10.2. The number of rotatable bonds is 15. The molecule has 0 aliphatic heterocycles. The van der Waals surface area contributed by atoms with Gasteiger partial charge in [0.1, 0.15) is 0 Å². The molecule has 35 heavy (non-hydrogen) atoms. The second-order valence-corrected chi connectivity index (χ2v) is 9.65. The lowest BCUT2D eigenvalue weighted by molar-refractivity contribution is 0.176. The maximum absolute atomic E-state index is 9.90. The van der Waals surface area contributed by atoms with Crippen molar-refractivity contribution in [1.29, 1.82) is 0 Å². The summed E-state index contributed by atoms with van der Waals surface area (Å²) in [6.45, 7) is 6.55. The first kappa shape index (κ1) is 27.2. The van der Waals surface area contributed by atoms with E-state index in [0.29, 0.717) is 6.04 Å². The minimum Gasteiger partial charge on any atom is -0.504 e. The summed E-state index contributed by atoms with van der Waals surface area (Å²) in [5, 5.41) is 23.3. The van der Waals surface area contributed by atoms with E-state index in [1.807, 2.05) is 6.07 Å². The van der Waals surface area contributed by atoms with E-state index < -0.39 is 0 Å². The molecule has 2 aromatic carbocycles. The van der Waals surface area contributed by atoms with Crippen molar-refractivity contribution < 1.29 is 19.7 Å². The number of methoxy groups -OCH3 is 2. The van der Waals surface area contributed by atoms with Gasteiger partial charge in [0.15, 0.2) is 23.0 Å². The average molecular weight is 485 g/mol. The number of fused-ring (bicyclic) bond motifs is 1. The number of ether oxygens (including phenoxy) is 2. The predicted octanol–water partition coefficient (Wildman–Crippen LogP) is 5.08. The molecular formula is C29H44N2O4. The van der Waals surface area contributed by atoms with Crippen molar-refractivity contribution >= 4 is 0 Å². The van der Waals surface area contributed by atoms with Crippen molar-refractivity contribution in [3.63, 3.8) is 0 Å². The SMILES string of the molecule is CCCN(CCCCCCNCCc1ccc(OC)c(OC)c1)[C@@H]1CCc2cc(O)c(O)cc2C1. The first-order chi connectivity index (χ1) is 17.0. The Morgan fingerprint density at radius 3 is 2.37 bits per heavy atom. The summed E-state index contributed by atoms with van der Waals surface area (Å²) in [6.07, 6.45) is 10.2. The van der Waals surface area contributed by atoms with Crippen LogP contribution in [0.3, 0.4) is 0 Å². The number of aryl methyl sites for hydroxylation is 1. The van der Waals surface area contributed by atoms with Gasteiger partial charge in [-0.3, -0.25) is 0 Å². The average Bonchev–Trinajstić information content (AvgIpc) is 2.87. The molecule has 0 fully saturated rings. The number of nitrogens with zero attached hydrogens (tertiary/aromatic N) is 1. The summed E-state index contributed by atoms with van der Waals surface area (Å²) in [4.78, 5) is 2.65. The van der Waals surface area contributed by atoms with Crippen LogP contribution < -0.4 is 14.8 Å². The Labute approximate surface area is 211 Å². The first-order valence-corrected chi connectivity index (χ1v) is 13.2. The first-order valence-electron chi connectivity index (χ1n) is 13.2. The van der Waals surface area contributed by atoms with E-state index in [4.69, 9.17) is 9.47 Å². The van der Waals surface area contributed by atoms with Crippen molar-refractivity contribution in [2.45, 2.75) is 70.8 Å². The topological polar surface area (TPSA) is 74.2 Å². The van der Waals surface area contributed by atoms with Gasteiger partial charge >= 0.3 is 0 Å². The van der Waals surface area contributed by atoms with Crippen molar-refractivity contribution in [3.05, 3.63) is 47.0 Å². The number of benzene rings is 2. The fourth-order valence-corrected chi connectivity index (χ4v) is 5.15. The summed E-state index contributed by atoms with van der Waals surface area (Å²) in [5.74, 6) is 1.57. The summed E-state index contributed by atoms with van der Waals surface area (Å²) < 4.78 is 10.7. The molecule has 0 bridgehead atoms. The molecule has 0 amide bonds. The quantitative estimate of drug-likeness (QED) is 0.242. The van der Waals surface area contributed by atoms with Gasteiger partial charge in [-0.05, 0) is 112 Å². The van der Waals surface area contributed by atoms with Gasteiger partial charge in [-0.25, -0.2) is 0 Å². The molecule has 1 aliphatic rings. The van der Waals surface area contributed by atoms with Crippen LogP contribution in [0.4, 0.5) is 0 Å². The van der Waals surface area contributed by atoms with Crippen molar-refractivity contribution in [1.82, 2.24) is 10.2 Å². The Morgan fingerprint density at radius 1 is 0.886 bits per heavy atom. The highest BCUT2D eigenvalue weighted by atomic mass is 16.5. The third kappa shape index (κ3) is 8.04. The van der Waals surface area contributed by atoms with Crippen molar-refractivity contribution in [3.8, 4) is 23.0 Å². The molecule has 0 heterocycles. The molecule has 3 N–H and O–H groups in total. The highest BCUT2D eigenvalue weighted by Gasteiger charge is 2.24. The number of hydrogen-bond donors (Lipinski definition) is 3. The van der Waals surface area contributed by atoms with Crippen LogP contribution in [0.25, 0.3) is 0 Å². The van der Waals surface area contributed by atoms with Crippen LogP contribution >= 0.6 is 0 Å². The summed E-state index contributed by atoms with van der Waals surface area (Å²) in [7, 11) is 3.34. The zero-order valence-electron chi connectivity index (χ0n) is 21.8. The third-order valence-corrected chi connectivity index (χ3v) is 7.11. The number of nitrogens with one attached hydrogen (secondary N) is 1. The lowest BCUT2D eigenvalue weighted by Crippen LogP contribution is -2.40. The van der Waals surface area contributed by atoms with E-state index >= 15 is 0 Å². The number of aromatic hydroxyl groups is 2. The van der Waals surface area contributed by atoms with Gasteiger partial charge in [0.25, 0.3) is 0 Å². The van der Waals surface area contributed by atoms with Crippen LogP contribution in [0.5, 0.6) is 23.0 Å². The molecule has 2 aromatic rings. The van der Waals surface area contributed by atoms with E-state index in [2.05, 4.69) is 29.3 Å². The minimum absolute atomic E-state index is 0.00284. The maximum Gasteiger partial charge on any atom is 0.160 e. The number of phenolic OH excluding ortho intramolecular Hbond substituents is 2. The molecule has 6 heteroatoms. The van der Waals surface area contributed by atoms with E-state index in [1.54, 1.807) is 26.4 Å². The van der Waals surface area contributed by atoms with Gasteiger partial charge in [-0.15, -0.1) is 0 Å². The number of unbranched alkanes of at least 4 members (excludes halogenated alkanes) is 3. The predicted molar refractivity (Wildman–Crippen MR) is 142 cm³/mol. The lowest BCUT2D eigenvalue weighted by Gasteiger charge is -2.35. The molecule has 194 valence electrons. The van der Waals surface area contributed by atoms with Crippen LogP contribution in [-0.2, 0) is 19.3 Å². The van der Waals surface area contributed by atoms with Gasteiger partial charge in [-0.1, -0.05) is 25.8 Å². The molecule has 0 radical (unpaired) electrons. The lowest BCUT2D eigenvalue weighted by atomic mass is 9.87. The highest BCUT2D eigenvalue weighted by molar-refractivity contribution is 5.47. The van der Waals surface area contributed by atoms with Crippen LogP contribution in [0.1, 0.15) is 62.1 Å². The Kier molecular flexibility index (Phi) is 11.0. The molecule has 0 aromatic heterocycles. The largest absolute Gasteiger partial charge is 0.504 e. The van der Waals surface area contributed by atoms with Gasteiger partial charge < -0.3 is 29.9 Å². The fraction of sp³-hybridized carbons (Fsp3) is 0.586. The fourth-order valence-electron chi connectivity index (χ4n) is 5.15. The minimum atomic E-state index is 0.00284. The number of hydrogen-bond acceptors (Lipinski definition) is 6. The van der Waals surface area contributed by atoms with Gasteiger partial charge in [0.05, 0.1) is 14.2 Å². The van der Waals surface area contributed by atoms with Crippen LogP contribution in [0.15, 0.2) is 30.3 Å². The third-order valence-electron chi connectivity index (χ3n) is 7.11. The molecule has 0 saturated heterocycles. The molecule has 0 spiro atoms. The van der Waals surface area contributed by atoms with Gasteiger partial charge in [0, 0.05) is 6.04 Å². The molecule has 3 rings (SSSR count). The Hall–Kier alpha value is -2.44. The maximum atomic E-state index is 9.90. The molecule has 1 atom stereocenters. The molecule has 1 aliphatic carbocycles. The van der Waals surface area contributed by atoms with E-state index in [9.17, 15) is 10.2 Å². The highest BCUT2D eigenvalue weighted by Crippen LogP contribution is 2.34. The molecule has 6 nitrogen and oxygen atoms in total. The summed E-state index contributed by atoms with van der Waals surface area (Å²) >= 11 is 0. The van der Waals surface area contributed by atoms with E-state index in [-0.39, 0.29) is 11.5 Å². The van der Waals surface area contributed by atoms with Crippen LogP contribution in [-0.4, -0.2) is 61.6 Å². The normalized spacial score (nSPS) is 15.3. The smallest absolute Gasteiger partial charge is 0.160 e. The van der Waals surface area contributed by atoms with Gasteiger partial charge in [-0.2, -0.15) is 0 Å². The Balaban J connectivity index is 1.30. The molecular weight excluding hydrogens is 440 g/mol.